The van der Waals surface area contributed by atoms with E-state index in [1.165, 1.54) is 24.3 Å². The molecule has 0 radical (unpaired) electrons. The molecule has 1 atom stereocenters. The van der Waals surface area contributed by atoms with Crippen molar-refractivity contribution in [2.24, 2.45) is 0 Å². The van der Waals surface area contributed by atoms with Crippen LogP contribution in [0.15, 0.2) is 42.5 Å². The number of anilines is 1. The minimum Gasteiger partial charge on any atom is -0.381 e. The normalized spacial score (nSPS) is 15.7. The number of nitrogens with zero attached hydrogens (tertiary/aromatic N) is 2. The molecule has 1 aliphatic heterocycles. The van der Waals surface area contributed by atoms with E-state index in [1.54, 1.807) is 30.0 Å². The molecule has 1 amide bonds. The van der Waals surface area contributed by atoms with Crippen molar-refractivity contribution in [3.63, 3.8) is 0 Å². The molecule has 0 saturated carbocycles. The van der Waals surface area contributed by atoms with Gasteiger partial charge in [-0.05, 0) is 54.7 Å². The van der Waals surface area contributed by atoms with Gasteiger partial charge in [-0.15, -0.1) is 0 Å². The molecule has 1 heterocycles. The number of nitrogens with one attached hydrogen (secondary N) is 2. The van der Waals surface area contributed by atoms with E-state index in [2.05, 4.69) is 16.1 Å². The second kappa shape index (κ2) is 10.6. The number of nitriles is 1. The van der Waals surface area contributed by atoms with E-state index in [0.29, 0.717) is 41.9 Å². The van der Waals surface area contributed by atoms with E-state index in [4.69, 9.17) is 0 Å². The summed E-state index contributed by atoms with van der Waals surface area (Å²) in [6.45, 7) is 3.16. The average Bonchev–Trinajstić information content (AvgIpc) is 2.80. The molecule has 0 aliphatic carbocycles. The summed E-state index contributed by atoms with van der Waals surface area (Å²) in [6, 6.07) is 13.0. The lowest BCUT2D eigenvalue weighted by Gasteiger charge is -2.30. The molecule has 3 rings (SSSR count). The molecule has 2 N–H and O–H groups in total. The lowest BCUT2D eigenvalue weighted by Crippen LogP contribution is -2.38. The van der Waals surface area contributed by atoms with Gasteiger partial charge >= 0.3 is 0 Å². The smallest absolute Gasteiger partial charge is 0.218 e. The number of amides is 1. The van der Waals surface area contributed by atoms with E-state index in [0.717, 1.165) is 19.3 Å². The van der Waals surface area contributed by atoms with Gasteiger partial charge in [0, 0.05) is 25.7 Å². The van der Waals surface area contributed by atoms with E-state index in [9.17, 15) is 22.9 Å². The molecule has 2 aromatic rings. The number of halogens is 1. The van der Waals surface area contributed by atoms with Crippen LogP contribution in [0.3, 0.4) is 0 Å². The van der Waals surface area contributed by atoms with Crippen LogP contribution in [0.1, 0.15) is 48.1 Å². The Morgan fingerprint density at radius 1 is 1.22 bits per heavy atom. The maximum absolute atomic E-state index is 13.1. The molecule has 0 bridgehead atoms. The second-order valence-electron chi connectivity index (χ2n) is 7.87. The van der Waals surface area contributed by atoms with Crippen LogP contribution in [0.25, 0.3) is 0 Å². The van der Waals surface area contributed by atoms with Gasteiger partial charge in [0.25, 0.3) is 0 Å². The van der Waals surface area contributed by atoms with Crippen LogP contribution in [-0.2, 0) is 21.4 Å². The summed E-state index contributed by atoms with van der Waals surface area (Å²) in [5.41, 5.74) is 2.24. The number of hydrogen-bond acceptors (Lipinski definition) is 5. The van der Waals surface area contributed by atoms with Gasteiger partial charge in [-0.25, -0.2) is 17.5 Å². The third kappa shape index (κ3) is 5.84. The summed E-state index contributed by atoms with van der Waals surface area (Å²) in [6.07, 6.45) is 2.75. The first-order valence-electron chi connectivity index (χ1n) is 10.6. The highest BCUT2D eigenvalue weighted by atomic mass is 32.2. The number of likely N-dealkylation sites (tertiary alicyclic amines) is 1. The van der Waals surface area contributed by atoms with Crippen LogP contribution >= 0.6 is 0 Å². The summed E-state index contributed by atoms with van der Waals surface area (Å²) in [5.74, 6) is -0.380. The maximum atomic E-state index is 13.1. The molecule has 1 aliphatic rings. The van der Waals surface area contributed by atoms with Crippen LogP contribution in [-0.4, -0.2) is 38.9 Å². The van der Waals surface area contributed by atoms with E-state index in [1.807, 2.05) is 0 Å². The molecule has 0 spiro atoms. The first kappa shape index (κ1) is 23.7. The fourth-order valence-corrected chi connectivity index (χ4v) is 5.38. The minimum absolute atomic E-state index is 0.0589. The standard InChI is InChI=1S/C23H27FN4O3S/c1-2-23(32(30,31)26-15-17-3-6-20(24)7-4-17)18-5-8-22(19(13-18)14-25)27-21-9-11-28(16-29)12-10-21/h3-8,13,16,21,23,26-27H,2,9-12,15H2,1H3. The monoisotopic (exact) mass is 458 g/mol. The highest BCUT2D eigenvalue weighted by Crippen LogP contribution is 2.29. The van der Waals surface area contributed by atoms with Crippen molar-refractivity contribution in [2.75, 3.05) is 18.4 Å². The van der Waals surface area contributed by atoms with Gasteiger partial charge in [-0.1, -0.05) is 25.1 Å². The zero-order chi connectivity index (χ0) is 23.1. The number of carbonyl (C=O) groups excluding carboxylic acids is 1. The van der Waals surface area contributed by atoms with Crippen molar-refractivity contribution in [1.82, 2.24) is 9.62 Å². The lowest BCUT2D eigenvalue weighted by atomic mass is 10.0. The Morgan fingerprint density at radius 3 is 2.50 bits per heavy atom. The molecule has 7 nitrogen and oxygen atoms in total. The molecular formula is C23H27FN4O3S. The Hall–Kier alpha value is -2.96. The van der Waals surface area contributed by atoms with Gasteiger partial charge in [-0.3, -0.25) is 4.79 Å². The van der Waals surface area contributed by atoms with Crippen LogP contribution in [0.2, 0.25) is 0 Å². The Labute approximate surface area is 188 Å². The van der Waals surface area contributed by atoms with Gasteiger partial charge in [0.1, 0.15) is 17.1 Å². The number of rotatable bonds is 9. The van der Waals surface area contributed by atoms with E-state index >= 15 is 0 Å². The number of carbonyl (C=O) groups is 1. The number of benzene rings is 2. The zero-order valence-electron chi connectivity index (χ0n) is 17.9. The Balaban J connectivity index is 1.72. The number of hydrogen-bond donors (Lipinski definition) is 2. The van der Waals surface area contributed by atoms with Crippen molar-refractivity contribution in [1.29, 1.82) is 5.26 Å². The molecular weight excluding hydrogens is 431 g/mol. The molecule has 2 aromatic carbocycles. The average molecular weight is 459 g/mol. The fraction of sp³-hybridized carbons (Fsp3) is 0.391. The summed E-state index contributed by atoms with van der Waals surface area (Å²) in [4.78, 5) is 12.6. The van der Waals surface area contributed by atoms with Crippen molar-refractivity contribution >= 4 is 22.1 Å². The lowest BCUT2D eigenvalue weighted by molar-refractivity contribution is -0.118. The predicted octanol–water partition coefficient (Wildman–Crippen LogP) is 3.30. The summed E-state index contributed by atoms with van der Waals surface area (Å²) in [5, 5.41) is 12.2. The zero-order valence-corrected chi connectivity index (χ0v) is 18.7. The van der Waals surface area contributed by atoms with Gasteiger partial charge in [0.05, 0.1) is 11.3 Å². The molecule has 170 valence electrons. The van der Waals surface area contributed by atoms with Gasteiger partial charge < -0.3 is 10.2 Å². The fourth-order valence-electron chi connectivity index (χ4n) is 3.87. The molecule has 1 unspecified atom stereocenters. The first-order valence-corrected chi connectivity index (χ1v) is 12.1. The highest BCUT2D eigenvalue weighted by Gasteiger charge is 2.26. The summed E-state index contributed by atoms with van der Waals surface area (Å²) >= 11 is 0. The quantitative estimate of drug-likeness (QED) is 0.562. The third-order valence-electron chi connectivity index (χ3n) is 5.71. The van der Waals surface area contributed by atoms with Crippen molar-refractivity contribution in [2.45, 2.75) is 44.0 Å². The Bertz CT molecular complexity index is 1080. The first-order chi connectivity index (χ1) is 15.4. The van der Waals surface area contributed by atoms with Crippen LogP contribution in [0, 0.1) is 17.1 Å². The second-order valence-corrected chi connectivity index (χ2v) is 9.81. The predicted molar refractivity (Wildman–Crippen MR) is 121 cm³/mol. The Morgan fingerprint density at radius 2 is 1.91 bits per heavy atom. The van der Waals surface area contributed by atoms with Crippen LogP contribution in [0.5, 0.6) is 0 Å². The molecule has 32 heavy (non-hydrogen) atoms. The molecule has 0 aromatic heterocycles. The van der Waals surface area contributed by atoms with Gasteiger partial charge in [0.2, 0.25) is 16.4 Å². The maximum Gasteiger partial charge on any atom is 0.218 e. The summed E-state index contributed by atoms with van der Waals surface area (Å²) < 4.78 is 41.5. The Kier molecular flexibility index (Phi) is 7.83. The summed E-state index contributed by atoms with van der Waals surface area (Å²) in [7, 11) is -3.72. The van der Waals surface area contributed by atoms with Crippen molar-refractivity contribution < 1.29 is 17.6 Å². The molecule has 1 saturated heterocycles. The van der Waals surface area contributed by atoms with Crippen LogP contribution < -0.4 is 10.0 Å². The number of sulfonamides is 1. The van der Waals surface area contributed by atoms with E-state index < -0.39 is 15.3 Å². The van der Waals surface area contributed by atoms with Crippen molar-refractivity contribution in [3.05, 3.63) is 65.0 Å². The minimum atomic E-state index is -3.72. The van der Waals surface area contributed by atoms with E-state index in [-0.39, 0.29) is 18.4 Å². The van der Waals surface area contributed by atoms with Crippen molar-refractivity contribution in [3.8, 4) is 6.07 Å². The SMILES string of the molecule is CCC(c1ccc(NC2CCN(C=O)CC2)c(C#N)c1)S(=O)(=O)NCc1ccc(F)cc1. The molecule has 9 heteroatoms. The third-order valence-corrected chi connectivity index (χ3v) is 7.61. The number of piperidine rings is 1. The van der Waals surface area contributed by atoms with Gasteiger partial charge in [-0.2, -0.15) is 5.26 Å². The van der Waals surface area contributed by atoms with Crippen LogP contribution in [0.4, 0.5) is 10.1 Å². The largest absolute Gasteiger partial charge is 0.381 e. The highest BCUT2D eigenvalue weighted by molar-refractivity contribution is 7.89. The topological polar surface area (TPSA) is 102 Å². The van der Waals surface area contributed by atoms with Gasteiger partial charge in [0.15, 0.2) is 0 Å². The molecule has 1 fully saturated rings.